The molecule has 0 amide bonds. The fourth-order valence-electron chi connectivity index (χ4n) is 1.56. The topological polar surface area (TPSA) is 33.1 Å². The smallest absolute Gasteiger partial charge is 0.158 e. The first-order chi connectivity index (χ1) is 7.74. The second-order valence-electron chi connectivity index (χ2n) is 3.28. The molecule has 6 heteroatoms. The molecule has 0 aromatic carbocycles. The van der Waals surface area contributed by atoms with E-state index in [0.717, 1.165) is 25.5 Å². The van der Waals surface area contributed by atoms with Crippen LogP contribution in [0.15, 0.2) is 34.4 Å². The zero-order valence-corrected chi connectivity index (χ0v) is 11.2. The zero-order chi connectivity index (χ0) is 11.1. The molecule has 1 N–H and O–H groups in total. The van der Waals surface area contributed by atoms with Gasteiger partial charge >= 0.3 is 0 Å². The number of hydrogen-bond donors (Lipinski definition) is 1. The van der Waals surface area contributed by atoms with Crippen molar-refractivity contribution in [2.24, 2.45) is 0 Å². The van der Waals surface area contributed by atoms with Crippen molar-refractivity contribution < 1.29 is 0 Å². The van der Waals surface area contributed by atoms with Gasteiger partial charge in [-0.15, -0.1) is 11.3 Å². The molecule has 3 rings (SSSR count). The number of imidazole rings is 1. The Balaban J connectivity index is 2.31. The highest BCUT2D eigenvalue weighted by Crippen LogP contribution is 2.22. The summed E-state index contributed by atoms with van der Waals surface area (Å²) in [6.45, 7) is 0. The summed E-state index contributed by atoms with van der Waals surface area (Å²) in [5, 5.41) is 2.01. The second-order valence-corrected chi connectivity index (χ2v) is 5.74. The average Bonchev–Trinajstić information content (AvgIpc) is 2.83. The molecule has 3 aromatic heterocycles. The third kappa shape index (κ3) is 1.63. The standard InChI is InChI=1S/C10H6BrN3S2/c11-6-1-2-9-12-3-8(14(9)4-6)7-5-16-10(15)13-7/h1-5H,(H,13,15). The Morgan fingerprint density at radius 3 is 3.06 bits per heavy atom. The van der Waals surface area contributed by atoms with Gasteiger partial charge in [0.2, 0.25) is 0 Å². The quantitative estimate of drug-likeness (QED) is 0.692. The third-order valence-corrected chi connectivity index (χ3v) is 3.80. The van der Waals surface area contributed by atoms with Crippen molar-refractivity contribution >= 4 is 45.1 Å². The van der Waals surface area contributed by atoms with E-state index in [9.17, 15) is 0 Å². The Hall–Kier alpha value is -0.980. The molecule has 0 aliphatic rings. The largest absolute Gasteiger partial charge is 0.336 e. The minimum absolute atomic E-state index is 0.778. The van der Waals surface area contributed by atoms with Crippen LogP contribution in [0.3, 0.4) is 0 Å². The minimum Gasteiger partial charge on any atom is -0.336 e. The lowest BCUT2D eigenvalue weighted by molar-refractivity contribution is 1.16. The predicted molar refractivity (Wildman–Crippen MR) is 71.4 cm³/mol. The van der Waals surface area contributed by atoms with E-state index in [1.54, 1.807) is 0 Å². The van der Waals surface area contributed by atoms with Crippen LogP contribution in [0.5, 0.6) is 0 Å². The molecular formula is C10H6BrN3S2. The number of nitrogens with zero attached hydrogens (tertiary/aromatic N) is 2. The highest BCUT2D eigenvalue weighted by molar-refractivity contribution is 9.10. The van der Waals surface area contributed by atoms with Gasteiger partial charge in [0.05, 0.1) is 17.6 Å². The molecule has 0 bridgehead atoms. The minimum atomic E-state index is 0.778. The SMILES string of the molecule is S=c1[nH]c(-c2cnc3ccc(Br)cn23)cs1. The summed E-state index contributed by atoms with van der Waals surface area (Å²) in [7, 11) is 0. The summed E-state index contributed by atoms with van der Waals surface area (Å²) in [6, 6.07) is 3.94. The lowest BCUT2D eigenvalue weighted by Gasteiger charge is -1.99. The van der Waals surface area contributed by atoms with Gasteiger partial charge in [-0.2, -0.15) is 0 Å². The van der Waals surface area contributed by atoms with Crippen LogP contribution in [0.1, 0.15) is 0 Å². The van der Waals surface area contributed by atoms with E-state index in [1.807, 2.05) is 34.3 Å². The lowest BCUT2D eigenvalue weighted by atomic mass is 10.3. The van der Waals surface area contributed by atoms with E-state index in [0.29, 0.717) is 0 Å². The first-order valence-electron chi connectivity index (χ1n) is 4.55. The molecule has 16 heavy (non-hydrogen) atoms. The first kappa shape index (κ1) is 10.2. The normalized spacial score (nSPS) is 11.1. The Kier molecular flexibility index (Phi) is 2.42. The Morgan fingerprint density at radius 2 is 2.31 bits per heavy atom. The number of nitrogens with one attached hydrogen (secondary N) is 1. The molecule has 0 radical (unpaired) electrons. The van der Waals surface area contributed by atoms with Crippen LogP contribution in [0.4, 0.5) is 0 Å². The Labute approximate surface area is 109 Å². The molecule has 80 valence electrons. The number of hydrogen-bond acceptors (Lipinski definition) is 3. The number of fused-ring (bicyclic) bond motifs is 1. The monoisotopic (exact) mass is 311 g/mol. The van der Waals surface area contributed by atoms with Crippen molar-refractivity contribution in [2.75, 3.05) is 0 Å². The van der Waals surface area contributed by atoms with E-state index >= 15 is 0 Å². The van der Waals surface area contributed by atoms with Gasteiger partial charge in [-0.3, -0.25) is 4.40 Å². The van der Waals surface area contributed by atoms with Gasteiger partial charge in [0.15, 0.2) is 3.95 Å². The molecule has 0 fully saturated rings. The number of pyridine rings is 1. The molecule has 0 aliphatic carbocycles. The van der Waals surface area contributed by atoms with E-state index in [-0.39, 0.29) is 0 Å². The van der Waals surface area contributed by atoms with Gasteiger partial charge in [0, 0.05) is 16.0 Å². The van der Waals surface area contributed by atoms with Crippen LogP contribution in [0.25, 0.3) is 17.0 Å². The molecule has 0 unspecified atom stereocenters. The van der Waals surface area contributed by atoms with Crippen LogP contribution in [0.2, 0.25) is 0 Å². The number of rotatable bonds is 1. The van der Waals surface area contributed by atoms with Crippen LogP contribution in [-0.4, -0.2) is 14.4 Å². The third-order valence-electron chi connectivity index (χ3n) is 2.27. The summed E-state index contributed by atoms with van der Waals surface area (Å²) in [6.07, 6.45) is 3.83. The van der Waals surface area contributed by atoms with Crippen molar-refractivity contribution in [3.05, 3.63) is 38.3 Å². The van der Waals surface area contributed by atoms with E-state index in [4.69, 9.17) is 12.2 Å². The van der Waals surface area contributed by atoms with Gasteiger partial charge < -0.3 is 4.98 Å². The van der Waals surface area contributed by atoms with Crippen LogP contribution in [-0.2, 0) is 0 Å². The molecular weight excluding hydrogens is 306 g/mol. The van der Waals surface area contributed by atoms with Gasteiger partial charge in [-0.05, 0) is 40.3 Å². The predicted octanol–water partition coefficient (Wildman–Crippen LogP) is 3.88. The molecule has 0 saturated carbocycles. The first-order valence-corrected chi connectivity index (χ1v) is 6.63. The summed E-state index contributed by atoms with van der Waals surface area (Å²) < 4.78 is 3.82. The molecule has 3 heterocycles. The number of aromatic nitrogens is 3. The Bertz CT molecular complexity index is 710. The van der Waals surface area contributed by atoms with Gasteiger partial charge in [-0.1, -0.05) is 0 Å². The maximum Gasteiger partial charge on any atom is 0.158 e. The summed E-state index contributed by atoms with van der Waals surface area (Å²) >= 11 is 10.1. The number of H-pyrrole nitrogens is 1. The maximum absolute atomic E-state index is 5.08. The number of halogens is 1. The van der Waals surface area contributed by atoms with Crippen LogP contribution in [0, 0.1) is 3.95 Å². The Morgan fingerprint density at radius 1 is 1.44 bits per heavy atom. The van der Waals surface area contributed by atoms with Crippen molar-refractivity contribution in [3.63, 3.8) is 0 Å². The van der Waals surface area contributed by atoms with E-state index < -0.39 is 0 Å². The highest BCUT2D eigenvalue weighted by atomic mass is 79.9. The van der Waals surface area contributed by atoms with E-state index in [2.05, 4.69) is 25.9 Å². The van der Waals surface area contributed by atoms with Crippen molar-refractivity contribution in [1.29, 1.82) is 0 Å². The van der Waals surface area contributed by atoms with Crippen LogP contribution >= 0.6 is 39.5 Å². The van der Waals surface area contributed by atoms with Gasteiger partial charge in [0.1, 0.15) is 5.65 Å². The lowest BCUT2D eigenvalue weighted by Crippen LogP contribution is -1.87. The zero-order valence-electron chi connectivity index (χ0n) is 7.98. The summed E-state index contributed by atoms with van der Waals surface area (Å²) in [4.78, 5) is 7.49. The number of thiazole rings is 1. The second kappa shape index (κ2) is 3.80. The average molecular weight is 312 g/mol. The fourth-order valence-corrected chi connectivity index (χ4v) is 2.72. The highest BCUT2D eigenvalue weighted by Gasteiger charge is 2.07. The summed E-state index contributed by atoms with van der Waals surface area (Å²) in [5.41, 5.74) is 2.94. The molecule has 0 saturated heterocycles. The molecule has 3 nitrogen and oxygen atoms in total. The fraction of sp³-hybridized carbons (Fsp3) is 0. The maximum atomic E-state index is 5.08. The van der Waals surface area contributed by atoms with Gasteiger partial charge in [-0.25, -0.2) is 4.98 Å². The van der Waals surface area contributed by atoms with Crippen molar-refractivity contribution in [3.8, 4) is 11.4 Å². The van der Waals surface area contributed by atoms with Crippen molar-refractivity contribution in [1.82, 2.24) is 14.4 Å². The summed E-state index contributed by atoms with van der Waals surface area (Å²) in [5.74, 6) is 0. The van der Waals surface area contributed by atoms with Crippen molar-refractivity contribution in [2.45, 2.75) is 0 Å². The van der Waals surface area contributed by atoms with Gasteiger partial charge in [0.25, 0.3) is 0 Å². The molecule has 0 atom stereocenters. The van der Waals surface area contributed by atoms with E-state index in [1.165, 1.54) is 11.3 Å². The molecule has 0 aliphatic heterocycles. The van der Waals surface area contributed by atoms with Crippen LogP contribution < -0.4 is 0 Å². The molecule has 0 spiro atoms. The number of aromatic amines is 1. The molecule has 3 aromatic rings.